The first-order valence-corrected chi connectivity index (χ1v) is 6.97. The van der Waals surface area contributed by atoms with E-state index in [1.165, 1.54) is 0 Å². The molecule has 1 N–H and O–H groups in total. The third-order valence-electron chi connectivity index (χ3n) is 3.10. The Kier molecular flexibility index (Phi) is 6.46. The first kappa shape index (κ1) is 18.5. The molecule has 0 heterocycles. The molecular weight excluding hydrogens is 293 g/mol. The van der Waals surface area contributed by atoms with Gasteiger partial charge in [-0.15, -0.1) is 0 Å². The molecule has 0 aliphatic carbocycles. The van der Waals surface area contributed by atoms with E-state index in [1.54, 1.807) is 20.8 Å². The topological polar surface area (TPSA) is 29.5 Å². The lowest BCUT2D eigenvalue weighted by molar-refractivity contribution is -0.194. The van der Waals surface area contributed by atoms with E-state index in [9.17, 15) is 18.3 Å². The van der Waals surface area contributed by atoms with Gasteiger partial charge in [0, 0.05) is 0 Å². The Bertz CT molecular complexity index is 507. The van der Waals surface area contributed by atoms with Crippen molar-refractivity contribution in [2.45, 2.75) is 39.7 Å². The Morgan fingerprint density at radius 1 is 1.14 bits per heavy atom. The highest BCUT2D eigenvalue weighted by atomic mass is 19.4. The van der Waals surface area contributed by atoms with Gasteiger partial charge in [0.15, 0.2) is 0 Å². The van der Waals surface area contributed by atoms with Crippen LogP contribution in [0.3, 0.4) is 0 Å². The zero-order valence-corrected chi connectivity index (χ0v) is 12.9. The summed E-state index contributed by atoms with van der Waals surface area (Å²) in [7, 11) is 0. The monoisotopic (exact) mass is 314 g/mol. The third kappa shape index (κ3) is 6.08. The minimum Gasteiger partial charge on any atom is -0.391 e. The summed E-state index contributed by atoms with van der Waals surface area (Å²) in [4.78, 5) is 0. The highest BCUT2D eigenvalue weighted by molar-refractivity contribution is 5.14. The van der Waals surface area contributed by atoms with Gasteiger partial charge < -0.3 is 9.84 Å². The van der Waals surface area contributed by atoms with Gasteiger partial charge in [0.25, 0.3) is 0 Å². The maximum absolute atomic E-state index is 13.0. The van der Waals surface area contributed by atoms with Crippen molar-refractivity contribution in [3.05, 3.63) is 35.9 Å². The molecule has 0 amide bonds. The number of alkyl halides is 3. The summed E-state index contributed by atoms with van der Waals surface area (Å²) in [5, 5.41) is 9.85. The highest BCUT2D eigenvalue weighted by Gasteiger charge is 2.47. The number of benzene rings is 1. The summed E-state index contributed by atoms with van der Waals surface area (Å²) in [5.41, 5.74) is 0.0196. The van der Waals surface area contributed by atoms with E-state index in [4.69, 9.17) is 4.74 Å². The summed E-state index contributed by atoms with van der Waals surface area (Å²) >= 11 is 0. The lowest BCUT2D eigenvalue weighted by atomic mass is 9.81. The summed E-state index contributed by atoms with van der Waals surface area (Å²) in [5.74, 6) is 2.39. The van der Waals surface area contributed by atoms with E-state index in [0.717, 1.165) is 5.56 Å². The van der Waals surface area contributed by atoms with Crippen LogP contribution in [0.25, 0.3) is 0 Å². The Balaban J connectivity index is 2.61. The molecule has 22 heavy (non-hydrogen) atoms. The van der Waals surface area contributed by atoms with Gasteiger partial charge >= 0.3 is 6.18 Å². The van der Waals surface area contributed by atoms with Gasteiger partial charge in [-0.05, 0) is 11.0 Å². The molecule has 5 heteroatoms. The second kappa shape index (κ2) is 7.66. The predicted octanol–water partition coefficient (Wildman–Crippen LogP) is 3.79. The maximum atomic E-state index is 13.0. The zero-order chi connectivity index (χ0) is 16.8. The SMILES string of the molecule is CC(C)(C)[C@H](O)[C@H](C#CCOCc1ccccc1)C(F)(F)F. The maximum Gasteiger partial charge on any atom is 0.404 e. The zero-order valence-electron chi connectivity index (χ0n) is 12.9. The molecule has 0 unspecified atom stereocenters. The molecule has 1 aromatic rings. The number of ether oxygens (including phenoxy) is 1. The number of aliphatic hydroxyl groups is 1. The van der Waals surface area contributed by atoms with Crippen LogP contribution in [-0.4, -0.2) is 24.0 Å². The third-order valence-corrected chi connectivity index (χ3v) is 3.10. The van der Waals surface area contributed by atoms with Crippen LogP contribution in [0.4, 0.5) is 13.2 Å². The smallest absolute Gasteiger partial charge is 0.391 e. The van der Waals surface area contributed by atoms with Gasteiger partial charge in [-0.3, -0.25) is 0 Å². The van der Waals surface area contributed by atoms with E-state index in [1.807, 2.05) is 30.3 Å². The number of aliphatic hydroxyl groups excluding tert-OH is 1. The molecule has 0 fully saturated rings. The number of hydrogen-bond acceptors (Lipinski definition) is 2. The van der Waals surface area contributed by atoms with Crippen molar-refractivity contribution in [3.63, 3.8) is 0 Å². The largest absolute Gasteiger partial charge is 0.404 e. The molecule has 0 aliphatic heterocycles. The normalized spacial score (nSPS) is 14.9. The minimum atomic E-state index is -4.57. The summed E-state index contributed by atoms with van der Waals surface area (Å²) in [6.45, 7) is 4.81. The van der Waals surface area contributed by atoms with Crippen molar-refractivity contribution >= 4 is 0 Å². The standard InChI is InChI=1S/C17H21F3O2/c1-16(2,3)15(21)14(17(18,19)20)10-7-11-22-12-13-8-5-4-6-9-13/h4-6,8-9,14-15,21H,11-12H2,1-3H3/t14-,15+/m0/s1. The van der Waals surface area contributed by atoms with Crippen molar-refractivity contribution in [1.29, 1.82) is 0 Å². The molecular formula is C17H21F3O2. The van der Waals surface area contributed by atoms with Gasteiger partial charge in [0.05, 0.1) is 12.7 Å². The molecule has 0 bridgehead atoms. The van der Waals surface area contributed by atoms with Crippen molar-refractivity contribution in [1.82, 2.24) is 0 Å². The fourth-order valence-electron chi connectivity index (χ4n) is 1.79. The first-order valence-electron chi connectivity index (χ1n) is 6.97. The van der Waals surface area contributed by atoms with E-state index in [0.29, 0.717) is 0 Å². The van der Waals surface area contributed by atoms with Crippen molar-refractivity contribution < 1.29 is 23.0 Å². The second-order valence-corrected chi connectivity index (χ2v) is 6.13. The summed E-state index contributed by atoms with van der Waals surface area (Å²) in [6.07, 6.45) is -6.16. The lowest BCUT2D eigenvalue weighted by Crippen LogP contribution is -2.41. The molecule has 122 valence electrons. The van der Waals surface area contributed by atoms with Crippen LogP contribution in [-0.2, 0) is 11.3 Å². The predicted molar refractivity (Wildman–Crippen MR) is 78.9 cm³/mol. The van der Waals surface area contributed by atoms with E-state index < -0.39 is 23.6 Å². The van der Waals surface area contributed by atoms with E-state index in [-0.39, 0.29) is 13.2 Å². The van der Waals surface area contributed by atoms with Crippen molar-refractivity contribution in [2.24, 2.45) is 11.3 Å². The van der Waals surface area contributed by atoms with Gasteiger partial charge in [-0.2, -0.15) is 13.2 Å². The fraction of sp³-hybridized carbons (Fsp3) is 0.529. The molecule has 0 saturated heterocycles. The van der Waals surface area contributed by atoms with Crippen LogP contribution in [0.2, 0.25) is 0 Å². The first-order chi connectivity index (χ1) is 10.1. The quantitative estimate of drug-likeness (QED) is 0.677. The van der Waals surface area contributed by atoms with Crippen molar-refractivity contribution in [2.75, 3.05) is 6.61 Å². The molecule has 2 atom stereocenters. The molecule has 1 aromatic carbocycles. The van der Waals surface area contributed by atoms with Crippen LogP contribution < -0.4 is 0 Å². The van der Waals surface area contributed by atoms with Gasteiger partial charge in [-0.1, -0.05) is 62.9 Å². The summed E-state index contributed by atoms with van der Waals surface area (Å²) < 4.78 is 44.1. The van der Waals surface area contributed by atoms with E-state index in [2.05, 4.69) is 11.8 Å². The highest BCUT2D eigenvalue weighted by Crippen LogP contribution is 2.35. The molecule has 0 aromatic heterocycles. The number of rotatable bonds is 4. The average molecular weight is 314 g/mol. The van der Waals surface area contributed by atoms with Crippen molar-refractivity contribution in [3.8, 4) is 11.8 Å². The van der Waals surface area contributed by atoms with Gasteiger partial charge in [0.1, 0.15) is 12.5 Å². The number of hydrogen-bond donors (Lipinski definition) is 1. The fourth-order valence-corrected chi connectivity index (χ4v) is 1.79. The Labute approximate surface area is 129 Å². The molecule has 0 saturated carbocycles. The van der Waals surface area contributed by atoms with Gasteiger partial charge in [0.2, 0.25) is 0 Å². The minimum absolute atomic E-state index is 0.113. The van der Waals surface area contributed by atoms with Gasteiger partial charge in [-0.25, -0.2) is 0 Å². The van der Waals surface area contributed by atoms with Crippen LogP contribution >= 0.6 is 0 Å². The van der Waals surface area contributed by atoms with Crippen LogP contribution in [0, 0.1) is 23.2 Å². The Morgan fingerprint density at radius 2 is 1.73 bits per heavy atom. The lowest BCUT2D eigenvalue weighted by Gasteiger charge is -2.31. The molecule has 0 spiro atoms. The van der Waals surface area contributed by atoms with Crippen LogP contribution in [0.15, 0.2) is 30.3 Å². The van der Waals surface area contributed by atoms with E-state index >= 15 is 0 Å². The Morgan fingerprint density at radius 3 is 2.23 bits per heavy atom. The average Bonchev–Trinajstić information content (AvgIpc) is 2.41. The number of halogens is 3. The molecule has 1 rings (SSSR count). The summed E-state index contributed by atoms with van der Waals surface area (Å²) in [6, 6.07) is 9.28. The molecule has 2 nitrogen and oxygen atoms in total. The molecule has 0 radical (unpaired) electrons. The van der Waals surface area contributed by atoms with Crippen LogP contribution in [0.5, 0.6) is 0 Å². The second-order valence-electron chi connectivity index (χ2n) is 6.13. The molecule has 0 aliphatic rings. The Hall–Kier alpha value is -1.51. The van der Waals surface area contributed by atoms with Crippen LogP contribution in [0.1, 0.15) is 26.3 Å².